The standard InChI is InChI=1S/C14H21N3O7S/c1-14(2,3)16-10(18)7-17(4)11(19)8-23-13(20)9-5-6-12(24-9)25(15,21)22/h5-6H,7-8H2,1-4H3,(H,16,18)(H2,15,21,22). The molecular formula is C14H21N3O7S. The van der Waals surface area contributed by atoms with Crippen molar-refractivity contribution in [3.05, 3.63) is 17.9 Å². The van der Waals surface area contributed by atoms with Crippen molar-refractivity contribution in [1.29, 1.82) is 0 Å². The highest BCUT2D eigenvalue weighted by atomic mass is 32.2. The second kappa shape index (κ2) is 7.66. The van der Waals surface area contributed by atoms with Crippen molar-refractivity contribution in [2.75, 3.05) is 20.2 Å². The van der Waals surface area contributed by atoms with E-state index in [9.17, 15) is 22.8 Å². The van der Waals surface area contributed by atoms with Crippen molar-refractivity contribution in [1.82, 2.24) is 10.2 Å². The van der Waals surface area contributed by atoms with Crippen LogP contribution in [0.4, 0.5) is 0 Å². The average molecular weight is 375 g/mol. The van der Waals surface area contributed by atoms with Gasteiger partial charge >= 0.3 is 5.97 Å². The zero-order valence-electron chi connectivity index (χ0n) is 14.4. The quantitative estimate of drug-likeness (QED) is 0.634. The largest absolute Gasteiger partial charge is 0.450 e. The van der Waals surface area contributed by atoms with E-state index in [-0.39, 0.29) is 12.5 Å². The van der Waals surface area contributed by atoms with E-state index in [0.29, 0.717) is 0 Å². The molecule has 0 aromatic carbocycles. The van der Waals surface area contributed by atoms with Crippen molar-refractivity contribution in [3.8, 4) is 0 Å². The van der Waals surface area contributed by atoms with Crippen LogP contribution in [0.5, 0.6) is 0 Å². The second-order valence-corrected chi connectivity index (χ2v) is 7.78. The van der Waals surface area contributed by atoms with E-state index < -0.39 is 44.9 Å². The highest BCUT2D eigenvalue weighted by Crippen LogP contribution is 2.13. The predicted octanol–water partition coefficient (Wildman–Crippen LogP) is -0.543. The van der Waals surface area contributed by atoms with Crippen molar-refractivity contribution in [2.24, 2.45) is 5.14 Å². The number of esters is 1. The molecule has 1 heterocycles. The van der Waals surface area contributed by atoms with Crippen LogP contribution >= 0.6 is 0 Å². The monoisotopic (exact) mass is 375 g/mol. The van der Waals surface area contributed by atoms with Gasteiger partial charge in [0.15, 0.2) is 6.61 Å². The van der Waals surface area contributed by atoms with Gasteiger partial charge in [0, 0.05) is 12.6 Å². The molecule has 0 unspecified atom stereocenters. The number of nitrogens with zero attached hydrogens (tertiary/aromatic N) is 1. The Balaban J connectivity index is 2.54. The van der Waals surface area contributed by atoms with E-state index in [4.69, 9.17) is 14.3 Å². The van der Waals surface area contributed by atoms with Gasteiger partial charge in [-0.1, -0.05) is 0 Å². The molecule has 0 saturated heterocycles. The van der Waals surface area contributed by atoms with Crippen LogP contribution < -0.4 is 10.5 Å². The van der Waals surface area contributed by atoms with Crippen LogP contribution in [0, 0.1) is 0 Å². The number of primary sulfonamides is 1. The Kier molecular flexibility index (Phi) is 6.32. The lowest BCUT2D eigenvalue weighted by Crippen LogP contribution is -2.46. The number of rotatable bonds is 6. The van der Waals surface area contributed by atoms with Crippen molar-refractivity contribution < 1.29 is 32.0 Å². The molecule has 0 atom stereocenters. The summed E-state index contributed by atoms with van der Waals surface area (Å²) < 4.78 is 31.6. The number of furan rings is 1. The third kappa shape index (κ3) is 6.93. The van der Waals surface area contributed by atoms with Crippen LogP contribution in [-0.2, 0) is 24.3 Å². The SMILES string of the molecule is CN(CC(=O)NC(C)(C)C)C(=O)COC(=O)c1ccc(S(N)(=O)=O)o1. The minimum absolute atomic E-state index is 0.204. The van der Waals surface area contributed by atoms with E-state index in [1.807, 2.05) is 0 Å². The molecule has 1 rings (SSSR count). The first-order valence-corrected chi connectivity index (χ1v) is 8.69. The van der Waals surface area contributed by atoms with Gasteiger partial charge in [-0.2, -0.15) is 0 Å². The minimum Gasteiger partial charge on any atom is -0.450 e. The Morgan fingerprint density at radius 2 is 1.88 bits per heavy atom. The molecule has 0 spiro atoms. The Labute approximate surface area is 145 Å². The number of likely N-dealkylation sites (N-methyl/N-ethyl adjacent to an activating group) is 1. The van der Waals surface area contributed by atoms with E-state index in [2.05, 4.69) is 5.32 Å². The first-order chi connectivity index (χ1) is 11.3. The van der Waals surface area contributed by atoms with Crippen LogP contribution in [0.3, 0.4) is 0 Å². The average Bonchev–Trinajstić information content (AvgIpc) is 2.91. The zero-order valence-corrected chi connectivity index (χ0v) is 15.2. The first-order valence-electron chi connectivity index (χ1n) is 7.14. The summed E-state index contributed by atoms with van der Waals surface area (Å²) in [5.74, 6) is -2.42. The molecule has 1 aromatic rings. The van der Waals surface area contributed by atoms with Crippen LogP contribution in [0.2, 0.25) is 0 Å². The maximum Gasteiger partial charge on any atom is 0.374 e. The molecule has 0 aliphatic heterocycles. The lowest BCUT2D eigenvalue weighted by molar-refractivity contribution is -0.137. The fraction of sp³-hybridized carbons (Fsp3) is 0.500. The number of nitrogens with two attached hydrogens (primary N) is 1. The molecule has 11 heteroatoms. The third-order valence-electron chi connectivity index (χ3n) is 2.71. The minimum atomic E-state index is -4.08. The van der Waals surface area contributed by atoms with Gasteiger partial charge in [0.1, 0.15) is 0 Å². The number of carbonyl (C=O) groups excluding carboxylic acids is 3. The Morgan fingerprint density at radius 1 is 1.28 bits per heavy atom. The third-order valence-corrected chi connectivity index (χ3v) is 3.49. The van der Waals surface area contributed by atoms with Gasteiger partial charge in [-0.25, -0.2) is 18.4 Å². The molecular weight excluding hydrogens is 354 g/mol. The molecule has 2 amide bonds. The van der Waals surface area contributed by atoms with Crippen molar-refractivity contribution in [3.63, 3.8) is 0 Å². The van der Waals surface area contributed by atoms with E-state index in [1.165, 1.54) is 7.05 Å². The topological polar surface area (TPSA) is 149 Å². The first kappa shape index (κ1) is 20.6. The summed E-state index contributed by atoms with van der Waals surface area (Å²) >= 11 is 0. The Bertz CT molecular complexity index is 762. The van der Waals surface area contributed by atoms with Crippen LogP contribution in [0.15, 0.2) is 21.6 Å². The summed E-state index contributed by atoms with van der Waals surface area (Å²) in [6.07, 6.45) is 0. The number of carbonyl (C=O) groups is 3. The van der Waals surface area contributed by atoms with Crippen molar-refractivity contribution in [2.45, 2.75) is 31.4 Å². The smallest absolute Gasteiger partial charge is 0.374 e. The predicted molar refractivity (Wildman–Crippen MR) is 85.9 cm³/mol. The highest BCUT2D eigenvalue weighted by molar-refractivity contribution is 7.89. The number of amides is 2. The summed E-state index contributed by atoms with van der Waals surface area (Å²) in [6, 6.07) is 2.06. The molecule has 10 nitrogen and oxygen atoms in total. The summed E-state index contributed by atoms with van der Waals surface area (Å²) in [5.41, 5.74) is -0.437. The molecule has 0 radical (unpaired) electrons. The summed E-state index contributed by atoms with van der Waals surface area (Å²) in [5, 5.41) is 6.94. The molecule has 0 fully saturated rings. The number of hydrogen-bond donors (Lipinski definition) is 2. The summed E-state index contributed by atoms with van der Waals surface area (Å²) in [4.78, 5) is 36.4. The highest BCUT2D eigenvalue weighted by Gasteiger charge is 2.21. The number of hydrogen-bond acceptors (Lipinski definition) is 7. The fourth-order valence-electron chi connectivity index (χ4n) is 1.65. The fourth-order valence-corrected chi connectivity index (χ4v) is 2.12. The maximum absolute atomic E-state index is 11.9. The number of ether oxygens (including phenoxy) is 1. The van der Waals surface area contributed by atoms with Crippen LogP contribution in [0.1, 0.15) is 31.3 Å². The molecule has 1 aromatic heterocycles. The normalized spacial score (nSPS) is 11.7. The van der Waals surface area contributed by atoms with E-state index >= 15 is 0 Å². The second-order valence-electron chi connectivity index (χ2n) is 6.29. The Hall–Kier alpha value is -2.40. The Morgan fingerprint density at radius 3 is 2.36 bits per heavy atom. The van der Waals surface area contributed by atoms with Crippen LogP contribution in [-0.4, -0.2) is 56.8 Å². The number of sulfonamides is 1. The summed E-state index contributed by atoms with van der Waals surface area (Å²) in [6.45, 7) is 4.56. The molecule has 0 aliphatic rings. The maximum atomic E-state index is 11.9. The van der Waals surface area contributed by atoms with Gasteiger partial charge < -0.3 is 19.4 Å². The lowest BCUT2D eigenvalue weighted by atomic mass is 10.1. The van der Waals surface area contributed by atoms with Gasteiger partial charge in [0.05, 0.1) is 6.54 Å². The van der Waals surface area contributed by atoms with E-state index in [0.717, 1.165) is 17.0 Å². The molecule has 25 heavy (non-hydrogen) atoms. The molecule has 140 valence electrons. The van der Waals surface area contributed by atoms with E-state index in [1.54, 1.807) is 20.8 Å². The molecule has 0 aliphatic carbocycles. The van der Waals surface area contributed by atoms with Gasteiger partial charge in [-0.15, -0.1) is 0 Å². The molecule has 3 N–H and O–H groups in total. The van der Waals surface area contributed by atoms with Gasteiger partial charge in [-0.05, 0) is 32.9 Å². The van der Waals surface area contributed by atoms with Gasteiger partial charge in [0.25, 0.3) is 15.9 Å². The van der Waals surface area contributed by atoms with Crippen molar-refractivity contribution >= 4 is 27.8 Å². The van der Waals surface area contributed by atoms with Crippen LogP contribution in [0.25, 0.3) is 0 Å². The van der Waals surface area contributed by atoms with Gasteiger partial charge in [0.2, 0.25) is 16.8 Å². The molecule has 0 bridgehead atoms. The molecule has 0 saturated carbocycles. The number of nitrogens with one attached hydrogen (secondary N) is 1. The van der Waals surface area contributed by atoms with Gasteiger partial charge in [-0.3, -0.25) is 9.59 Å². The zero-order chi connectivity index (χ0) is 19.4. The lowest BCUT2D eigenvalue weighted by Gasteiger charge is -2.23. The summed E-state index contributed by atoms with van der Waals surface area (Å²) in [7, 11) is -2.70.